The van der Waals surface area contributed by atoms with E-state index >= 15 is 0 Å². The zero-order valence-electron chi connectivity index (χ0n) is 3.92. The Morgan fingerprint density at radius 2 is 2.71 bits per heavy atom. The third kappa shape index (κ3) is 0.677. The molecule has 0 unspecified atom stereocenters. The topological polar surface area (TPSA) is 55.7 Å². The molecule has 0 fully saturated rings. The summed E-state index contributed by atoms with van der Waals surface area (Å²) < 4.78 is 0. The highest BCUT2D eigenvalue weighted by molar-refractivity contribution is 5.25. The van der Waals surface area contributed by atoms with Gasteiger partial charge in [0.15, 0.2) is 0 Å². The van der Waals surface area contributed by atoms with Crippen LogP contribution in [0, 0.1) is 0 Å². The Balaban J connectivity index is 2.76. The van der Waals surface area contributed by atoms with Crippen molar-refractivity contribution < 1.29 is 0 Å². The van der Waals surface area contributed by atoms with E-state index in [0.29, 0.717) is 5.95 Å². The van der Waals surface area contributed by atoms with Gasteiger partial charge in [-0.15, -0.1) is 0 Å². The van der Waals surface area contributed by atoms with Gasteiger partial charge in [-0.2, -0.15) is 0 Å². The Morgan fingerprint density at radius 3 is 3.00 bits per heavy atom. The second kappa shape index (κ2) is 1.59. The standard InChI is InChI=1S/C3H5N4/c1-4-3-5-2-6-7-3/h2H,1H3,(H-,4,5,6,7)/q-1. The minimum Gasteiger partial charge on any atom is -0.396 e. The molecule has 1 rings (SSSR count). The lowest BCUT2D eigenvalue weighted by molar-refractivity contribution is 1.10. The van der Waals surface area contributed by atoms with Gasteiger partial charge >= 0.3 is 0 Å². The van der Waals surface area contributed by atoms with Crippen LogP contribution in [0.2, 0.25) is 0 Å². The summed E-state index contributed by atoms with van der Waals surface area (Å²) in [5.41, 5.74) is 0. The Kier molecular flexibility index (Phi) is 0.934. The van der Waals surface area contributed by atoms with E-state index in [1.54, 1.807) is 7.05 Å². The number of nitrogens with zero attached hydrogens (tertiary/aromatic N) is 3. The maximum atomic E-state index is 3.70. The van der Waals surface area contributed by atoms with Gasteiger partial charge in [0, 0.05) is 5.95 Å². The van der Waals surface area contributed by atoms with Crippen LogP contribution in [0.1, 0.15) is 0 Å². The zero-order valence-corrected chi connectivity index (χ0v) is 3.92. The fraction of sp³-hybridized carbons (Fsp3) is 0.333. The molecule has 1 N–H and O–H groups in total. The lowest BCUT2D eigenvalue weighted by atomic mass is 11.0. The number of aromatic nitrogens is 3. The maximum absolute atomic E-state index is 3.70. The first kappa shape index (κ1) is 4.11. The van der Waals surface area contributed by atoms with E-state index in [2.05, 4.69) is 20.5 Å². The molecule has 38 valence electrons. The Bertz CT molecular complexity index is 121. The average Bonchev–Trinajstić information content (AvgIpc) is 2.14. The molecule has 7 heavy (non-hydrogen) atoms. The van der Waals surface area contributed by atoms with Crippen LogP contribution in [0.5, 0.6) is 0 Å². The Morgan fingerprint density at radius 1 is 1.86 bits per heavy atom. The number of rotatable bonds is 1. The smallest absolute Gasteiger partial charge is 0.0525 e. The van der Waals surface area contributed by atoms with Crippen LogP contribution in [0.4, 0.5) is 5.95 Å². The largest absolute Gasteiger partial charge is 0.396 e. The van der Waals surface area contributed by atoms with Crippen LogP contribution in [0.15, 0.2) is 6.33 Å². The molecule has 0 atom stereocenters. The van der Waals surface area contributed by atoms with E-state index < -0.39 is 0 Å². The van der Waals surface area contributed by atoms with Crippen LogP contribution >= 0.6 is 0 Å². The highest BCUT2D eigenvalue weighted by Crippen LogP contribution is 2.00. The maximum Gasteiger partial charge on any atom is 0.0525 e. The molecule has 1 aromatic rings. The summed E-state index contributed by atoms with van der Waals surface area (Å²) in [6.45, 7) is 0. The van der Waals surface area contributed by atoms with E-state index in [4.69, 9.17) is 0 Å². The quantitative estimate of drug-likeness (QED) is 0.552. The van der Waals surface area contributed by atoms with Crippen molar-refractivity contribution in [2.24, 2.45) is 0 Å². The van der Waals surface area contributed by atoms with Gasteiger partial charge in [-0.25, -0.2) is 5.10 Å². The lowest BCUT2D eigenvalue weighted by Gasteiger charge is -1.94. The predicted molar refractivity (Wildman–Crippen MR) is 25.3 cm³/mol. The first-order chi connectivity index (χ1) is 3.43. The number of nitrogens with one attached hydrogen (secondary N) is 1. The fourth-order valence-electron chi connectivity index (χ4n) is 0.307. The Hall–Kier alpha value is -1.06. The normalized spacial score (nSPS) is 8.71. The number of hydrogen-bond acceptors (Lipinski definition) is 2. The van der Waals surface area contributed by atoms with Gasteiger partial charge < -0.3 is 15.4 Å². The third-order valence-corrected chi connectivity index (χ3v) is 0.614. The lowest BCUT2D eigenvalue weighted by Crippen LogP contribution is -1.65. The van der Waals surface area contributed by atoms with E-state index in [1.807, 2.05) is 0 Å². The van der Waals surface area contributed by atoms with Crippen molar-refractivity contribution in [2.75, 3.05) is 7.05 Å². The summed E-state index contributed by atoms with van der Waals surface area (Å²) >= 11 is 0. The van der Waals surface area contributed by atoms with Gasteiger partial charge in [0.05, 0.1) is 6.33 Å². The number of hydrogen-bond donors (Lipinski definition) is 1. The zero-order chi connectivity index (χ0) is 5.11. The summed E-state index contributed by atoms with van der Waals surface area (Å²) in [7, 11) is 1.65. The SMILES string of the molecule is C[N-]c1ncn[nH]1. The molecule has 0 aliphatic rings. The molecule has 0 saturated carbocycles. The predicted octanol–water partition coefficient (Wildman–Crippen LogP) is 0.440. The highest BCUT2D eigenvalue weighted by Gasteiger charge is 1.69. The molecule has 0 aliphatic heterocycles. The van der Waals surface area contributed by atoms with Crippen molar-refractivity contribution in [3.8, 4) is 0 Å². The first-order valence-electron chi connectivity index (χ1n) is 1.88. The van der Waals surface area contributed by atoms with Crippen molar-refractivity contribution in [2.45, 2.75) is 0 Å². The number of aromatic amines is 1. The second-order valence-corrected chi connectivity index (χ2v) is 1.03. The van der Waals surface area contributed by atoms with Crippen molar-refractivity contribution in [1.29, 1.82) is 0 Å². The Labute approximate surface area is 41.0 Å². The van der Waals surface area contributed by atoms with E-state index in [0.717, 1.165) is 0 Å². The van der Waals surface area contributed by atoms with Crippen LogP contribution in [0.25, 0.3) is 5.32 Å². The molecule has 0 amide bonds. The highest BCUT2D eigenvalue weighted by atomic mass is 15.3. The summed E-state index contributed by atoms with van der Waals surface area (Å²) in [6.07, 6.45) is 1.42. The van der Waals surface area contributed by atoms with Crippen LogP contribution in [-0.4, -0.2) is 22.2 Å². The molecular weight excluding hydrogens is 92.1 g/mol. The van der Waals surface area contributed by atoms with Crippen molar-refractivity contribution >= 4 is 5.95 Å². The molecule has 0 saturated heterocycles. The molecule has 0 spiro atoms. The van der Waals surface area contributed by atoms with Gasteiger partial charge in [-0.3, -0.25) is 0 Å². The molecular formula is C3H5N4-. The third-order valence-electron chi connectivity index (χ3n) is 0.614. The number of H-pyrrole nitrogens is 1. The van der Waals surface area contributed by atoms with Crippen LogP contribution in [0.3, 0.4) is 0 Å². The van der Waals surface area contributed by atoms with Crippen molar-refractivity contribution in [3.63, 3.8) is 0 Å². The van der Waals surface area contributed by atoms with Crippen LogP contribution in [-0.2, 0) is 0 Å². The molecule has 0 aromatic carbocycles. The summed E-state index contributed by atoms with van der Waals surface area (Å²) in [5.74, 6) is 0.569. The molecule has 0 aliphatic carbocycles. The fourth-order valence-corrected chi connectivity index (χ4v) is 0.307. The van der Waals surface area contributed by atoms with E-state index in [1.165, 1.54) is 6.33 Å². The molecule has 0 bridgehead atoms. The van der Waals surface area contributed by atoms with Gasteiger partial charge in [-0.05, 0) is 7.05 Å². The minimum absolute atomic E-state index is 0.569. The first-order valence-corrected chi connectivity index (χ1v) is 1.88. The van der Waals surface area contributed by atoms with E-state index in [-0.39, 0.29) is 0 Å². The summed E-state index contributed by atoms with van der Waals surface area (Å²) in [5, 5.41) is 9.82. The molecule has 0 radical (unpaired) electrons. The molecule has 4 heteroatoms. The summed E-state index contributed by atoms with van der Waals surface area (Å²) in [4.78, 5) is 3.70. The monoisotopic (exact) mass is 97.1 g/mol. The summed E-state index contributed by atoms with van der Waals surface area (Å²) in [6, 6.07) is 0. The van der Waals surface area contributed by atoms with Gasteiger partial charge in [0.25, 0.3) is 0 Å². The van der Waals surface area contributed by atoms with Crippen LogP contribution < -0.4 is 0 Å². The molecule has 4 nitrogen and oxygen atoms in total. The molecule has 1 heterocycles. The van der Waals surface area contributed by atoms with Crippen molar-refractivity contribution in [1.82, 2.24) is 15.2 Å². The second-order valence-electron chi connectivity index (χ2n) is 1.03. The van der Waals surface area contributed by atoms with Gasteiger partial charge in [0.2, 0.25) is 0 Å². The van der Waals surface area contributed by atoms with E-state index in [9.17, 15) is 0 Å². The van der Waals surface area contributed by atoms with Gasteiger partial charge in [0.1, 0.15) is 0 Å². The molecule has 1 aromatic heterocycles. The average molecular weight is 97.1 g/mol. The van der Waals surface area contributed by atoms with Crippen molar-refractivity contribution in [3.05, 3.63) is 11.6 Å². The van der Waals surface area contributed by atoms with Gasteiger partial charge in [-0.1, -0.05) is 0 Å². The minimum atomic E-state index is 0.569.